The standard InChI is InChI=1S/C21H25N5O3/c1-29-19-8-7-16(14-22-19)21(28)26-11-9-25(10-12-26)17-13-18(27)23-24-20(17)15-5-3-2-4-6-15/h2-8,14,17,20,24H,9-13H2,1H3,(H,23,27). The second-order valence-corrected chi connectivity index (χ2v) is 7.27. The largest absolute Gasteiger partial charge is 0.481 e. The number of nitrogens with one attached hydrogen (secondary N) is 2. The number of ether oxygens (including phenoxy) is 1. The van der Waals surface area contributed by atoms with Crippen molar-refractivity contribution in [3.05, 3.63) is 59.8 Å². The summed E-state index contributed by atoms with van der Waals surface area (Å²) in [5, 5.41) is 0. The normalized spacial score (nSPS) is 22.8. The Bertz CT molecular complexity index is 850. The van der Waals surface area contributed by atoms with Gasteiger partial charge in [0.15, 0.2) is 0 Å². The Hall–Kier alpha value is -2.97. The van der Waals surface area contributed by atoms with E-state index >= 15 is 0 Å². The van der Waals surface area contributed by atoms with E-state index in [2.05, 4.69) is 32.9 Å². The quantitative estimate of drug-likeness (QED) is 0.803. The van der Waals surface area contributed by atoms with Gasteiger partial charge >= 0.3 is 0 Å². The number of rotatable bonds is 4. The number of carbonyl (C=O) groups is 2. The Morgan fingerprint density at radius 3 is 2.52 bits per heavy atom. The Morgan fingerprint density at radius 1 is 1.10 bits per heavy atom. The lowest BCUT2D eigenvalue weighted by Gasteiger charge is -2.44. The fourth-order valence-corrected chi connectivity index (χ4v) is 3.99. The minimum absolute atomic E-state index is 0.00926. The third-order valence-corrected chi connectivity index (χ3v) is 5.57. The molecular weight excluding hydrogens is 370 g/mol. The van der Waals surface area contributed by atoms with Crippen LogP contribution in [0.25, 0.3) is 0 Å². The zero-order chi connectivity index (χ0) is 20.2. The van der Waals surface area contributed by atoms with Crippen LogP contribution in [0.2, 0.25) is 0 Å². The molecule has 2 atom stereocenters. The summed E-state index contributed by atoms with van der Waals surface area (Å²) in [6.07, 6.45) is 1.98. The summed E-state index contributed by atoms with van der Waals surface area (Å²) in [5.74, 6) is 0.449. The van der Waals surface area contributed by atoms with E-state index in [1.165, 1.54) is 0 Å². The smallest absolute Gasteiger partial charge is 0.255 e. The van der Waals surface area contributed by atoms with Crippen LogP contribution in [-0.2, 0) is 4.79 Å². The lowest BCUT2D eigenvalue weighted by Crippen LogP contribution is -2.60. The first-order chi connectivity index (χ1) is 14.2. The minimum Gasteiger partial charge on any atom is -0.481 e. The molecule has 2 N–H and O–H groups in total. The van der Waals surface area contributed by atoms with Gasteiger partial charge in [0.1, 0.15) is 0 Å². The van der Waals surface area contributed by atoms with Crippen molar-refractivity contribution >= 4 is 11.8 Å². The molecule has 2 aliphatic heterocycles. The predicted octanol–water partition coefficient (Wildman–Crippen LogP) is 0.982. The molecule has 0 radical (unpaired) electrons. The van der Waals surface area contributed by atoms with Crippen LogP contribution in [0, 0.1) is 0 Å². The van der Waals surface area contributed by atoms with E-state index in [9.17, 15) is 9.59 Å². The fourth-order valence-electron chi connectivity index (χ4n) is 3.99. The Labute approximate surface area is 169 Å². The predicted molar refractivity (Wildman–Crippen MR) is 107 cm³/mol. The highest BCUT2D eigenvalue weighted by atomic mass is 16.5. The summed E-state index contributed by atoms with van der Waals surface area (Å²) in [5.41, 5.74) is 7.62. The van der Waals surface area contributed by atoms with Crippen LogP contribution in [0.1, 0.15) is 28.4 Å². The first-order valence-electron chi connectivity index (χ1n) is 9.78. The third kappa shape index (κ3) is 4.23. The number of carbonyl (C=O) groups excluding carboxylic acids is 2. The Kier molecular flexibility index (Phi) is 5.73. The number of amides is 2. The molecule has 0 spiro atoms. The van der Waals surface area contributed by atoms with Crippen molar-refractivity contribution in [1.29, 1.82) is 0 Å². The maximum atomic E-state index is 12.8. The number of hydrogen-bond donors (Lipinski definition) is 2. The van der Waals surface area contributed by atoms with Gasteiger partial charge in [0.25, 0.3) is 5.91 Å². The molecule has 2 fully saturated rings. The number of benzene rings is 1. The summed E-state index contributed by atoms with van der Waals surface area (Å²) in [7, 11) is 1.55. The molecule has 0 bridgehead atoms. The lowest BCUT2D eigenvalue weighted by atomic mass is 9.93. The third-order valence-electron chi connectivity index (χ3n) is 5.57. The van der Waals surface area contributed by atoms with E-state index < -0.39 is 0 Å². The number of piperazine rings is 1. The molecule has 29 heavy (non-hydrogen) atoms. The molecule has 1 aromatic carbocycles. The highest BCUT2D eigenvalue weighted by molar-refractivity contribution is 5.94. The van der Waals surface area contributed by atoms with E-state index in [1.54, 1.807) is 25.4 Å². The number of nitrogens with zero attached hydrogens (tertiary/aromatic N) is 3. The van der Waals surface area contributed by atoms with Crippen molar-refractivity contribution in [1.82, 2.24) is 25.6 Å². The number of hydrogen-bond acceptors (Lipinski definition) is 6. The van der Waals surface area contributed by atoms with Crippen molar-refractivity contribution in [3.63, 3.8) is 0 Å². The van der Waals surface area contributed by atoms with E-state index in [0.717, 1.165) is 18.7 Å². The lowest BCUT2D eigenvalue weighted by molar-refractivity contribution is -0.127. The van der Waals surface area contributed by atoms with Crippen molar-refractivity contribution in [2.75, 3.05) is 33.3 Å². The van der Waals surface area contributed by atoms with E-state index in [0.29, 0.717) is 31.0 Å². The van der Waals surface area contributed by atoms with Gasteiger partial charge < -0.3 is 9.64 Å². The van der Waals surface area contributed by atoms with Gasteiger partial charge in [-0.2, -0.15) is 0 Å². The van der Waals surface area contributed by atoms with Gasteiger partial charge in [-0.15, -0.1) is 0 Å². The summed E-state index contributed by atoms with van der Waals surface area (Å²) in [4.78, 5) is 33.1. The first-order valence-corrected chi connectivity index (χ1v) is 9.78. The van der Waals surface area contributed by atoms with Crippen LogP contribution < -0.4 is 15.6 Å². The molecule has 2 aliphatic rings. The monoisotopic (exact) mass is 395 g/mol. The molecule has 2 amide bonds. The summed E-state index contributed by atoms with van der Waals surface area (Å²) in [6.45, 7) is 2.67. The Morgan fingerprint density at radius 2 is 1.86 bits per heavy atom. The number of methoxy groups -OCH3 is 1. The van der Waals surface area contributed by atoms with E-state index in [4.69, 9.17) is 4.74 Å². The number of pyridine rings is 1. The molecular formula is C21H25N5O3. The molecule has 152 valence electrons. The molecule has 1 aromatic heterocycles. The van der Waals surface area contributed by atoms with Crippen LogP contribution in [-0.4, -0.2) is 65.9 Å². The van der Waals surface area contributed by atoms with Gasteiger partial charge in [0.05, 0.1) is 18.7 Å². The molecule has 3 heterocycles. The van der Waals surface area contributed by atoms with Crippen molar-refractivity contribution in [2.24, 2.45) is 0 Å². The Balaban J connectivity index is 1.42. The van der Waals surface area contributed by atoms with Crippen LogP contribution in [0.3, 0.4) is 0 Å². The SMILES string of the molecule is COc1ccc(C(=O)N2CCN(C3CC(=O)NNC3c3ccccc3)CC2)cn1. The molecule has 4 rings (SSSR count). The van der Waals surface area contributed by atoms with Crippen molar-refractivity contribution < 1.29 is 14.3 Å². The number of hydrazine groups is 1. The minimum atomic E-state index is -0.0288. The van der Waals surface area contributed by atoms with Gasteiger partial charge in [-0.1, -0.05) is 30.3 Å². The molecule has 2 unspecified atom stereocenters. The summed E-state index contributed by atoms with van der Waals surface area (Å²) >= 11 is 0. The second kappa shape index (κ2) is 8.59. The van der Waals surface area contributed by atoms with Crippen LogP contribution in [0.4, 0.5) is 0 Å². The molecule has 2 aromatic rings. The summed E-state index contributed by atoms with van der Waals surface area (Å²) < 4.78 is 5.05. The fraction of sp³-hybridized carbons (Fsp3) is 0.381. The van der Waals surface area contributed by atoms with Crippen molar-refractivity contribution in [2.45, 2.75) is 18.5 Å². The number of aromatic nitrogens is 1. The molecule has 2 saturated heterocycles. The summed E-state index contributed by atoms with van der Waals surface area (Å²) in [6, 6.07) is 13.6. The maximum absolute atomic E-state index is 12.8. The molecule has 8 heteroatoms. The molecule has 0 saturated carbocycles. The van der Waals surface area contributed by atoms with Crippen molar-refractivity contribution in [3.8, 4) is 5.88 Å². The molecule has 0 aliphatic carbocycles. The van der Waals surface area contributed by atoms with Gasteiger partial charge in [0, 0.05) is 50.9 Å². The molecule has 8 nitrogen and oxygen atoms in total. The average Bonchev–Trinajstić information content (AvgIpc) is 2.79. The first kappa shape index (κ1) is 19.4. The van der Waals surface area contributed by atoms with Gasteiger partial charge in [0.2, 0.25) is 11.8 Å². The zero-order valence-electron chi connectivity index (χ0n) is 16.4. The van der Waals surface area contributed by atoms with Gasteiger partial charge in [-0.25, -0.2) is 10.4 Å². The van der Waals surface area contributed by atoms with Crippen LogP contribution in [0.5, 0.6) is 5.88 Å². The van der Waals surface area contributed by atoms with Gasteiger partial charge in [-0.05, 0) is 11.6 Å². The van der Waals surface area contributed by atoms with E-state index in [-0.39, 0.29) is 23.9 Å². The van der Waals surface area contributed by atoms with Crippen LogP contribution in [0.15, 0.2) is 48.7 Å². The van der Waals surface area contributed by atoms with E-state index in [1.807, 2.05) is 23.1 Å². The maximum Gasteiger partial charge on any atom is 0.255 e. The van der Waals surface area contributed by atoms with Crippen LogP contribution >= 0.6 is 0 Å². The highest BCUT2D eigenvalue weighted by Crippen LogP contribution is 2.26. The average molecular weight is 395 g/mol. The second-order valence-electron chi connectivity index (χ2n) is 7.27. The highest BCUT2D eigenvalue weighted by Gasteiger charge is 2.36. The van der Waals surface area contributed by atoms with Gasteiger partial charge in [-0.3, -0.25) is 19.9 Å². The topological polar surface area (TPSA) is 86.8 Å². The zero-order valence-corrected chi connectivity index (χ0v) is 16.4.